The molecular formula is C22H26O8. The standard InChI is InChI=1S/C22H26O8/c1-13-7-17(25-3)19(29-11-21(23)27-5)9-15(13)16-10-20(30-12-22(24)28-6)18(26-4)8-14(16)2/h7-10H,11-12H2,1-6H3. The molecule has 0 fully saturated rings. The van der Waals surface area contributed by atoms with E-state index in [1.807, 2.05) is 26.0 Å². The van der Waals surface area contributed by atoms with Crippen molar-refractivity contribution in [2.75, 3.05) is 41.7 Å². The van der Waals surface area contributed by atoms with Crippen molar-refractivity contribution in [2.45, 2.75) is 13.8 Å². The van der Waals surface area contributed by atoms with Crippen LogP contribution in [0, 0.1) is 13.8 Å². The number of carbonyl (C=O) groups excluding carboxylic acids is 2. The van der Waals surface area contributed by atoms with E-state index in [4.69, 9.17) is 18.9 Å². The monoisotopic (exact) mass is 418 g/mol. The van der Waals surface area contributed by atoms with Gasteiger partial charge in [0.25, 0.3) is 0 Å². The molecule has 0 spiro atoms. The maximum absolute atomic E-state index is 11.5. The zero-order chi connectivity index (χ0) is 22.3. The van der Waals surface area contributed by atoms with Crippen LogP contribution in [-0.2, 0) is 19.1 Å². The first-order valence-corrected chi connectivity index (χ1v) is 9.11. The van der Waals surface area contributed by atoms with Gasteiger partial charge in [0.05, 0.1) is 28.4 Å². The molecule has 0 unspecified atom stereocenters. The van der Waals surface area contributed by atoms with Gasteiger partial charge in [-0.1, -0.05) is 0 Å². The molecule has 0 aliphatic heterocycles. The third-order valence-electron chi connectivity index (χ3n) is 4.46. The van der Waals surface area contributed by atoms with Crippen molar-refractivity contribution >= 4 is 11.9 Å². The van der Waals surface area contributed by atoms with Gasteiger partial charge in [0, 0.05) is 0 Å². The Morgan fingerprint density at radius 2 is 1.00 bits per heavy atom. The van der Waals surface area contributed by atoms with Crippen molar-refractivity contribution in [1.29, 1.82) is 0 Å². The molecule has 8 nitrogen and oxygen atoms in total. The second kappa shape index (κ2) is 10.4. The van der Waals surface area contributed by atoms with E-state index in [0.717, 1.165) is 22.3 Å². The van der Waals surface area contributed by atoms with E-state index in [9.17, 15) is 9.59 Å². The summed E-state index contributed by atoms with van der Waals surface area (Å²) in [6.45, 7) is 3.37. The maximum atomic E-state index is 11.5. The fourth-order valence-corrected chi connectivity index (χ4v) is 2.84. The van der Waals surface area contributed by atoms with E-state index in [1.165, 1.54) is 28.4 Å². The Labute approximate surface area is 175 Å². The number of hydrogen-bond donors (Lipinski definition) is 0. The van der Waals surface area contributed by atoms with Crippen LogP contribution in [0.4, 0.5) is 0 Å². The van der Waals surface area contributed by atoms with Gasteiger partial charge in [-0.2, -0.15) is 0 Å². The highest BCUT2D eigenvalue weighted by atomic mass is 16.6. The van der Waals surface area contributed by atoms with Crippen molar-refractivity contribution in [1.82, 2.24) is 0 Å². The highest BCUT2D eigenvalue weighted by molar-refractivity contribution is 5.77. The first-order chi connectivity index (χ1) is 14.3. The second-order valence-electron chi connectivity index (χ2n) is 6.37. The Balaban J connectivity index is 2.50. The molecule has 0 amide bonds. The SMILES string of the molecule is COC(=O)COc1cc(-c2cc(OCC(=O)OC)c(OC)cc2C)c(C)cc1OC. The maximum Gasteiger partial charge on any atom is 0.343 e. The summed E-state index contributed by atoms with van der Waals surface area (Å²) in [5.74, 6) is 0.782. The molecule has 0 aromatic heterocycles. The van der Waals surface area contributed by atoms with E-state index in [2.05, 4.69) is 9.47 Å². The molecular weight excluding hydrogens is 392 g/mol. The summed E-state index contributed by atoms with van der Waals surface area (Å²) in [7, 11) is 5.63. The first-order valence-electron chi connectivity index (χ1n) is 9.11. The number of benzene rings is 2. The van der Waals surface area contributed by atoms with Gasteiger partial charge in [-0.25, -0.2) is 9.59 Å². The van der Waals surface area contributed by atoms with Crippen molar-refractivity contribution < 1.29 is 38.0 Å². The number of aryl methyl sites for hydroxylation is 2. The van der Waals surface area contributed by atoms with Gasteiger partial charge in [0.1, 0.15) is 0 Å². The topological polar surface area (TPSA) is 89.5 Å². The molecule has 2 rings (SSSR count). The molecule has 0 aliphatic rings. The number of ether oxygens (including phenoxy) is 6. The van der Waals surface area contributed by atoms with Gasteiger partial charge in [-0.05, 0) is 60.4 Å². The second-order valence-corrected chi connectivity index (χ2v) is 6.37. The van der Waals surface area contributed by atoms with E-state index in [-0.39, 0.29) is 13.2 Å². The lowest BCUT2D eigenvalue weighted by atomic mass is 9.95. The third-order valence-corrected chi connectivity index (χ3v) is 4.46. The number of carbonyl (C=O) groups is 2. The van der Waals surface area contributed by atoms with Gasteiger partial charge in [0.15, 0.2) is 36.2 Å². The highest BCUT2D eigenvalue weighted by Gasteiger charge is 2.17. The number of esters is 2. The van der Waals surface area contributed by atoms with E-state index in [0.29, 0.717) is 23.0 Å². The third kappa shape index (κ3) is 5.34. The highest BCUT2D eigenvalue weighted by Crippen LogP contribution is 2.40. The number of methoxy groups -OCH3 is 4. The van der Waals surface area contributed by atoms with Crippen LogP contribution in [0.5, 0.6) is 23.0 Å². The largest absolute Gasteiger partial charge is 0.493 e. The van der Waals surface area contributed by atoms with Crippen molar-refractivity contribution in [3.05, 3.63) is 35.4 Å². The summed E-state index contributed by atoms with van der Waals surface area (Å²) >= 11 is 0. The molecule has 0 heterocycles. The van der Waals surface area contributed by atoms with Crippen molar-refractivity contribution in [3.8, 4) is 34.1 Å². The van der Waals surface area contributed by atoms with E-state index < -0.39 is 11.9 Å². The van der Waals surface area contributed by atoms with Crippen LogP contribution in [0.1, 0.15) is 11.1 Å². The molecule has 162 valence electrons. The lowest BCUT2D eigenvalue weighted by molar-refractivity contribution is -0.143. The lowest BCUT2D eigenvalue weighted by Gasteiger charge is -2.18. The normalized spacial score (nSPS) is 10.2. The minimum atomic E-state index is -0.502. The van der Waals surface area contributed by atoms with Gasteiger partial charge >= 0.3 is 11.9 Å². The quantitative estimate of drug-likeness (QED) is 0.574. The van der Waals surface area contributed by atoms with Crippen LogP contribution >= 0.6 is 0 Å². The first kappa shape index (κ1) is 22.9. The molecule has 0 bridgehead atoms. The van der Waals surface area contributed by atoms with Crippen molar-refractivity contribution in [3.63, 3.8) is 0 Å². The summed E-state index contributed by atoms with van der Waals surface area (Å²) < 4.78 is 31.2. The molecule has 0 N–H and O–H groups in total. The zero-order valence-corrected chi connectivity index (χ0v) is 18.0. The minimum absolute atomic E-state index is 0.246. The van der Waals surface area contributed by atoms with Crippen LogP contribution in [0.15, 0.2) is 24.3 Å². The van der Waals surface area contributed by atoms with Gasteiger partial charge in [-0.15, -0.1) is 0 Å². The summed E-state index contributed by atoms with van der Waals surface area (Å²) in [6.07, 6.45) is 0. The van der Waals surface area contributed by atoms with Crippen LogP contribution < -0.4 is 18.9 Å². The molecule has 30 heavy (non-hydrogen) atoms. The molecule has 8 heteroatoms. The summed E-state index contributed by atoms with van der Waals surface area (Å²) in [5, 5.41) is 0. The minimum Gasteiger partial charge on any atom is -0.493 e. The lowest BCUT2D eigenvalue weighted by Crippen LogP contribution is -2.13. The van der Waals surface area contributed by atoms with Gasteiger partial charge < -0.3 is 28.4 Å². The zero-order valence-electron chi connectivity index (χ0n) is 18.0. The molecule has 2 aromatic rings. The molecule has 2 aromatic carbocycles. The molecule has 0 aliphatic carbocycles. The Kier molecular flexibility index (Phi) is 7.91. The smallest absolute Gasteiger partial charge is 0.343 e. The summed E-state index contributed by atoms with van der Waals surface area (Å²) in [6, 6.07) is 7.22. The average Bonchev–Trinajstić information content (AvgIpc) is 2.76. The molecule has 0 saturated heterocycles. The Morgan fingerprint density at radius 1 is 0.633 bits per heavy atom. The van der Waals surface area contributed by atoms with E-state index in [1.54, 1.807) is 12.1 Å². The van der Waals surface area contributed by atoms with Crippen LogP contribution in [-0.4, -0.2) is 53.6 Å². The number of rotatable bonds is 9. The Morgan fingerprint density at radius 3 is 1.30 bits per heavy atom. The predicted molar refractivity (Wildman–Crippen MR) is 109 cm³/mol. The van der Waals surface area contributed by atoms with Gasteiger partial charge in [-0.3, -0.25) is 0 Å². The Hall–Kier alpha value is -3.42. The molecule has 0 saturated carbocycles. The number of hydrogen-bond acceptors (Lipinski definition) is 8. The van der Waals surface area contributed by atoms with Crippen molar-refractivity contribution in [2.24, 2.45) is 0 Å². The molecule has 0 radical (unpaired) electrons. The average molecular weight is 418 g/mol. The molecule has 0 atom stereocenters. The summed E-state index contributed by atoms with van der Waals surface area (Å²) in [5.41, 5.74) is 3.53. The van der Waals surface area contributed by atoms with Gasteiger partial charge in [0.2, 0.25) is 0 Å². The van der Waals surface area contributed by atoms with Crippen LogP contribution in [0.2, 0.25) is 0 Å². The predicted octanol–water partition coefficient (Wildman–Crippen LogP) is 3.09. The fourth-order valence-electron chi connectivity index (χ4n) is 2.84. The fraction of sp³-hybridized carbons (Fsp3) is 0.364. The Bertz CT molecular complexity index is 844. The summed E-state index contributed by atoms with van der Waals surface area (Å²) in [4.78, 5) is 22.9. The van der Waals surface area contributed by atoms with Crippen LogP contribution in [0.3, 0.4) is 0 Å². The van der Waals surface area contributed by atoms with E-state index >= 15 is 0 Å². The van der Waals surface area contributed by atoms with Crippen LogP contribution in [0.25, 0.3) is 11.1 Å².